The fraction of sp³-hybridized carbons (Fsp3) is 0.348. The van der Waals surface area contributed by atoms with Gasteiger partial charge in [0.2, 0.25) is 11.8 Å². The van der Waals surface area contributed by atoms with Gasteiger partial charge in [-0.15, -0.1) is 11.3 Å². The molecule has 15 heteroatoms. The number of carbonyl (C=O) groups excluding carboxylic acids is 4. The monoisotopic (exact) mass is 546 g/mol. The van der Waals surface area contributed by atoms with Gasteiger partial charge in [-0.3, -0.25) is 25.2 Å². The van der Waals surface area contributed by atoms with E-state index >= 15 is 0 Å². The summed E-state index contributed by atoms with van der Waals surface area (Å²) in [6.45, 7) is -0.390. The van der Waals surface area contributed by atoms with Gasteiger partial charge in [0.25, 0.3) is 0 Å². The summed E-state index contributed by atoms with van der Waals surface area (Å²) in [4.78, 5) is 54.6. The summed E-state index contributed by atoms with van der Waals surface area (Å²) < 4.78 is 9.41. The molecule has 0 aliphatic carbocycles. The molecule has 2 aromatic rings. The molecule has 0 unspecified atom stereocenters. The van der Waals surface area contributed by atoms with Gasteiger partial charge < -0.3 is 36.9 Å². The Morgan fingerprint density at radius 2 is 1.82 bits per heavy atom. The first-order valence-corrected chi connectivity index (χ1v) is 12.0. The van der Waals surface area contributed by atoms with E-state index in [1.807, 2.05) is 0 Å². The Morgan fingerprint density at radius 1 is 1.08 bits per heavy atom. The largest absolute Gasteiger partial charge is 0.469 e. The summed E-state index contributed by atoms with van der Waals surface area (Å²) >= 11 is 1.14. The van der Waals surface area contributed by atoms with E-state index in [0.29, 0.717) is 21.0 Å². The third-order valence-corrected chi connectivity index (χ3v) is 6.38. The average molecular weight is 547 g/mol. The second kappa shape index (κ2) is 13.7. The van der Waals surface area contributed by atoms with Crippen LogP contribution in [0.4, 0.5) is 4.79 Å². The molecule has 0 saturated carbocycles. The molecule has 0 bridgehead atoms. The lowest BCUT2D eigenvalue weighted by molar-refractivity contribution is -0.141. The van der Waals surface area contributed by atoms with E-state index in [1.54, 1.807) is 24.3 Å². The third-order valence-electron chi connectivity index (χ3n) is 5.35. The van der Waals surface area contributed by atoms with Crippen molar-refractivity contribution in [2.75, 3.05) is 20.8 Å². The van der Waals surface area contributed by atoms with Crippen molar-refractivity contribution in [3.8, 4) is 0 Å². The van der Waals surface area contributed by atoms with Gasteiger partial charge in [0, 0.05) is 24.6 Å². The first-order valence-electron chi connectivity index (χ1n) is 11.2. The number of esters is 1. The van der Waals surface area contributed by atoms with Crippen LogP contribution in [0.15, 0.2) is 30.5 Å². The standard InChI is InChI=1S/C23H30N8O6S/c1-36-18(33)6-7-23(31-22(35)37-2,9-13-4-3-5-14(8-13)19(24)25)21(34)30-11-16(32)28-12-17-29-10-15(38-17)20(26)27/h3-5,8,10H,6-7,9,11-12H2,1-2H3,(H3,24,25)(H3,26,27)(H,28,32)(H,30,34)(H,31,35)/t23-/m1/s1. The molecular weight excluding hydrogens is 516 g/mol. The molecule has 1 aromatic carbocycles. The van der Waals surface area contributed by atoms with Crippen molar-refractivity contribution in [3.63, 3.8) is 0 Å². The van der Waals surface area contributed by atoms with Crippen LogP contribution in [0, 0.1) is 10.8 Å². The molecule has 0 aliphatic rings. The number of carbonyl (C=O) groups is 4. The molecule has 1 heterocycles. The van der Waals surface area contributed by atoms with Gasteiger partial charge in [0.05, 0.1) is 32.2 Å². The van der Waals surface area contributed by atoms with E-state index in [2.05, 4.69) is 20.9 Å². The Kier molecular flexibility index (Phi) is 10.7. The van der Waals surface area contributed by atoms with Gasteiger partial charge in [-0.2, -0.15) is 0 Å². The number of nitrogens with one attached hydrogen (secondary N) is 5. The summed E-state index contributed by atoms with van der Waals surface area (Å²) in [7, 11) is 2.32. The fourth-order valence-corrected chi connectivity index (χ4v) is 4.11. The maximum absolute atomic E-state index is 13.5. The molecule has 0 fully saturated rings. The predicted octanol–water partition coefficient (Wildman–Crippen LogP) is -0.266. The number of amidine groups is 2. The summed E-state index contributed by atoms with van der Waals surface area (Å²) in [5.74, 6) is -2.23. The molecule has 38 heavy (non-hydrogen) atoms. The smallest absolute Gasteiger partial charge is 0.407 e. The van der Waals surface area contributed by atoms with Crippen LogP contribution in [0.5, 0.6) is 0 Å². The Bertz CT molecular complexity index is 1220. The number of benzene rings is 1. The highest BCUT2D eigenvalue weighted by Gasteiger charge is 2.41. The van der Waals surface area contributed by atoms with Crippen LogP contribution in [0.3, 0.4) is 0 Å². The number of nitrogens with zero attached hydrogens (tertiary/aromatic N) is 1. The number of nitrogen functional groups attached to an aromatic ring is 2. The predicted molar refractivity (Wildman–Crippen MR) is 139 cm³/mol. The second-order valence-electron chi connectivity index (χ2n) is 8.06. The van der Waals surface area contributed by atoms with Crippen molar-refractivity contribution in [3.05, 3.63) is 51.5 Å². The summed E-state index contributed by atoms with van der Waals surface area (Å²) in [5, 5.41) is 23.2. The number of hydrogen-bond donors (Lipinski definition) is 7. The van der Waals surface area contributed by atoms with Crippen LogP contribution < -0.4 is 27.4 Å². The molecular formula is C23H30N8O6S. The first kappa shape index (κ1) is 29.7. The average Bonchev–Trinajstić information content (AvgIpc) is 3.38. The molecule has 2 rings (SSSR count). The van der Waals surface area contributed by atoms with Crippen molar-refractivity contribution in [2.45, 2.75) is 31.3 Å². The van der Waals surface area contributed by atoms with E-state index in [4.69, 9.17) is 31.8 Å². The molecule has 3 amide bonds. The number of methoxy groups -OCH3 is 2. The molecule has 1 atom stereocenters. The molecule has 0 saturated heterocycles. The van der Waals surface area contributed by atoms with Crippen LogP contribution >= 0.6 is 11.3 Å². The van der Waals surface area contributed by atoms with Crippen molar-refractivity contribution < 1.29 is 28.7 Å². The van der Waals surface area contributed by atoms with Crippen LogP contribution in [-0.2, 0) is 36.8 Å². The minimum Gasteiger partial charge on any atom is -0.469 e. The van der Waals surface area contributed by atoms with Gasteiger partial charge in [-0.1, -0.05) is 18.2 Å². The molecule has 204 valence electrons. The molecule has 0 radical (unpaired) electrons. The van der Waals surface area contributed by atoms with Crippen molar-refractivity contribution in [2.24, 2.45) is 11.5 Å². The number of hydrogen-bond acceptors (Lipinski definition) is 10. The van der Waals surface area contributed by atoms with E-state index in [9.17, 15) is 19.2 Å². The first-order chi connectivity index (χ1) is 18.0. The molecule has 9 N–H and O–H groups in total. The number of aromatic nitrogens is 1. The number of alkyl carbamates (subject to hydrolysis) is 1. The van der Waals surface area contributed by atoms with Crippen molar-refractivity contribution >= 4 is 46.9 Å². The zero-order valence-electron chi connectivity index (χ0n) is 20.9. The number of nitrogens with two attached hydrogens (primary N) is 2. The lowest BCUT2D eigenvalue weighted by Gasteiger charge is -2.33. The molecule has 1 aromatic heterocycles. The highest BCUT2D eigenvalue weighted by molar-refractivity contribution is 7.13. The SMILES string of the molecule is COC(=O)CC[C@](Cc1cccc(C(=N)N)c1)(NC(=O)OC)C(=O)NCC(=O)NCc1ncc(C(=N)N)s1. The zero-order chi connectivity index (χ0) is 28.3. The minimum atomic E-state index is -1.72. The van der Waals surface area contributed by atoms with Gasteiger partial charge >= 0.3 is 12.1 Å². The van der Waals surface area contributed by atoms with Crippen LogP contribution in [0.25, 0.3) is 0 Å². The quantitative estimate of drug-likeness (QED) is 0.0993. The Balaban J connectivity index is 2.23. The number of thiazole rings is 1. The van der Waals surface area contributed by atoms with Gasteiger partial charge in [-0.05, 0) is 18.1 Å². The zero-order valence-corrected chi connectivity index (χ0v) is 21.7. The summed E-state index contributed by atoms with van der Waals surface area (Å²) in [6.07, 6.45) is -0.0251. The van der Waals surface area contributed by atoms with E-state index in [-0.39, 0.29) is 37.5 Å². The normalized spacial score (nSPS) is 11.9. The van der Waals surface area contributed by atoms with E-state index < -0.39 is 36.0 Å². The highest BCUT2D eigenvalue weighted by atomic mass is 32.1. The molecule has 0 spiro atoms. The molecule has 0 aliphatic heterocycles. The lowest BCUT2D eigenvalue weighted by Crippen LogP contribution is -2.61. The second-order valence-corrected chi connectivity index (χ2v) is 9.17. The van der Waals surface area contributed by atoms with E-state index in [0.717, 1.165) is 18.4 Å². The molecule has 14 nitrogen and oxygen atoms in total. The summed E-state index contributed by atoms with van der Waals surface area (Å²) in [5.41, 5.74) is 10.2. The Labute approximate surface area is 222 Å². The van der Waals surface area contributed by atoms with E-state index in [1.165, 1.54) is 13.3 Å². The van der Waals surface area contributed by atoms with Gasteiger partial charge in [0.15, 0.2) is 0 Å². The fourth-order valence-electron chi connectivity index (χ4n) is 3.39. The maximum atomic E-state index is 13.5. The Morgan fingerprint density at radius 3 is 2.42 bits per heavy atom. The van der Waals surface area contributed by atoms with Crippen LogP contribution in [0.1, 0.15) is 33.9 Å². The highest BCUT2D eigenvalue weighted by Crippen LogP contribution is 2.22. The van der Waals surface area contributed by atoms with Crippen molar-refractivity contribution in [1.29, 1.82) is 10.8 Å². The van der Waals surface area contributed by atoms with Gasteiger partial charge in [0.1, 0.15) is 22.2 Å². The summed E-state index contributed by atoms with van der Waals surface area (Å²) in [6, 6.07) is 6.50. The Hall–Kier alpha value is -4.53. The number of amides is 3. The topological polar surface area (TPSA) is 235 Å². The minimum absolute atomic E-state index is 0.0540. The lowest BCUT2D eigenvalue weighted by atomic mass is 9.84. The van der Waals surface area contributed by atoms with Crippen molar-refractivity contribution in [1.82, 2.24) is 20.9 Å². The third kappa shape index (κ3) is 8.55. The van der Waals surface area contributed by atoms with Gasteiger partial charge in [-0.25, -0.2) is 9.78 Å². The van der Waals surface area contributed by atoms with Crippen LogP contribution in [0.2, 0.25) is 0 Å². The number of ether oxygens (including phenoxy) is 2. The maximum Gasteiger partial charge on any atom is 0.407 e. The van der Waals surface area contributed by atoms with Crippen LogP contribution in [-0.4, -0.2) is 66.8 Å². The number of rotatable bonds is 13.